The Bertz CT molecular complexity index is 1160. The number of benzene rings is 1. The molecule has 2 aromatic heterocycles. The highest BCUT2D eigenvalue weighted by molar-refractivity contribution is 8.00. The predicted octanol–water partition coefficient (Wildman–Crippen LogP) is 4.98. The largest absolute Gasteiger partial charge is 0.465 e. The van der Waals surface area contributed by atoms with Crippen molar-refractivity contribution in [2.24, 2.45) is 0 Å². The number of ether oxygens (including phenoxy) is 1. The molecule has 1 aliphatic heterocycles. The number of aryl methyl sites for hydroxylation is 1. The minimum atomic E-state index is -0.309. The second-order valence-electron chi connectivity index (χ2n) is 7.87. The van der Waals surface area contributed by atoms with E-state index < -0.39 is 0 Å². The standard InChI is InChI=1S/C22H24N2O3S3/c1-5-27-17(25)12-28-21-23-19-18(15-10-22(3,4)29-11-16(15)30-19)20(26)24(21)14-8-6-13(2)7-9-14/h6-9H,5,10-12H2,1-4H3. The minimum absolute atomic E-state index is 0.0598. The molecule has 0 fully saturated rings. The van der Waals surface area contributed by atoms with Crippen LogP contribution in [0.3, 0.4) is 0 Å². The average molecular weight is 461 g/mol. The topological polar surface area (TPSA) is 61.2 Å². The normalized spacial score (nSPS) is 15.2. The zero-order valence-electron chi connectivity index (χ0n) is 17.5. The summed E-state index contributed by atoms with van der Waals surface area (Å²) in [5.41, 5.74) is 2.96. The highest BCUT2D eigenvalue weighted by atomic mass is 32.2. The van der Waals surface area contributed by atoms with Crippen molar-refractivity contribution in [1.29, 1.82) is 0 Å². The molecule has 0 atom stereocenters. The van der Waals surface area contributed by atoms with Crippen molar-refractivity contribution >= 4 is 51.0 Å². The molecule has 3 aromatic rings. The van der Waals surface area contributed by atoms with Gasteiger partial charge in [0.1, 0.15) is 4.83 Å². The first kappa shape index (κ1) is 21.5. The molecular formula is C22H24N2O3S3. The summed E-state index contributed by atoms with van der Waals surface area (Å²) >= 11 is 4.77. The van der Waals surface area contributed by atoms with E-state index in [0.717, 1.165) is 39.2 Å². The van der Waals surface area contributed by atoms with Crippen LogP contribution in [-0.4, -0.2) is 32.6 Å². The van der Waals surface area contributed by atoms with Gasteiger partial charge in [-0.2, -0.15) is 0 Å². The van der Waals surface area contributed by atoms with Crippen LogP contribution in [0.5, 0.6) is 0 Å². The fraction of sp³-hybridized carbons (Fsp3) is 0.409. The molecule has 0 aliphatic carbocycles. The molecule has 4 rings (SSSR count). The van der Waals surface area contributed by atoms with E-state index in [4.69, 9.17) is 9.72 Å². The number of hydrogen-bond acceptors (Lipinski definition) is 7. The Kier molecular flexibility index (Phi) is 6.01. The Hall–Kier alpha value is -1.77. The number of carbonyl (C=O) groups excluding carboxylic acids is 1. The monoisotopic (exact) mass is 460 g/mol. The van der Waals surface area contributed by atoms with Gasteiger partial charge in [0.05, 0.1) is 23.4 Å². The summed E-state index contributed by atoms with van der Waals surface area (Å²) in [5.74, 6) is 0.709. The van der Waals surface area contributed by atoms with Crippen molar-refractivity contribution < 1.29 is 9.53 Å². The van der Waals surface area contributed by atoms with Gasteiger partial charge in [0, 0.05) is 15.4 Å². The van der Waals surface area contributed by atoms with Crippen LogP contribution in [0.25, 0.3) is 15.9 Å². The third-order valence-corrected chi connectivity index (χ3v) is 8.57. The number of carbonyl (C=O) groups is 1. The van der Waals surface area contributed by atoms with E-state index in [9.17, 15) is 9.59 Å². The lowest BCUT2D eigenvalue weighted by Gasteiger charge is -2.28. The van der Waals surface area contributed by atoms with E-state index in [1.165, 1.54) is 16.6 Å². The average Bonchev–Trinajstić information content (AvgIpc) is 3.04. The quantitative estimate of drug-likeness (QED) is 0.304. The smallest absolute Gasteiger partial charge is 0.316 e. The molecule has 30 heavy (non-hydrogen) atoms. The molecule has 0 radical (unpaired) electrons. The molecule has 0 bridgehead atoms. The first-order valence-electron chi connectivity index (χ1n) is 9.86. The third-order valence-electron chi connectivity index (χ3n) is 4.99. The van der Waals surface area contributed by atoms with E-state index in [0.29, 0.717) is 11.8 Å². The molecule has 8 heteroatoms. The van der Waals surface area contributed by atoms with E-state index in [-0.39, 0.29) is 22.0 Å². The second-order valence-corrected chi connectivity index (χ2v) is 11.6. The fourth-order valence-electron chi connectivity index (χ4n) is 3.52. The second kappa shape index (κ2) is 8.40. The SMILES string of the molecule is CCOC(=O)CSc1nc2sc3c(c2c(=O)n1-c1ccc(C)cc1)CC(C)(C)SC3. The van der Waals surface area contributed by atoms with Crippen LogP contribution >= 0.6 is 34.9 Å². The highest BCUT2D eigenvalue weighted by Gasteiger charge is 2.31. The number of aromatic nitrogens is 2. The van der Waals surface area contributed by atoms with Crippen LogP contribution in [0.1, 0.15) is 36.8 Å². The van der Waals surface area contributed by atoms with Gasteiger partial charge in [0.15, 0.2) is 5.16 Å². The Morgan fingerprint density at radius 1 is 1.30 bits per heavy atom. The van der Waals surface area contributed by atoms with Crippen molar-refractivity contribution in [2.75, 3.05) is 12.4 Å². The zero-order valence-corrected chi connectivity index (χ0v) is 19.9. The van der Waals surface area contributed by atoms with Crippen molar-refractivity contribution in [1.82, 2.24) is 9.55 Å². The molecule has 0 spiro atoms. The molecule has 1 aliphatic rings. The van der Waals surface area contributed by atoms with Gasteiger partial charge in [-0.1, -0.05) is 43.3 Å². The molecule has 3 heterocycles. The predicted molar refractivity (Wildman–Crippen MR) is 126 cm³/mol. The van der Waals surface area contributed by atoms with Gasteiger partial charge >= 0.3 is 5.97 Å². The number of thiophene rings is 1. The van der Waals surface area contributed by atoms with Gasteiger partial charge in [-0.25, -0.2) is 4.98 Å². The van der Waals surface area contributed by atoms with Crippen molar-refractivity contribution in [2.45, 2.75) is 49.8 Å². The number of fused-ring (bicyclic) bond motifs is 3. The maximum Gasteiger partial charge on any atom is 0.316 e. The Morgan fingerprint density at radius 2 is 2.03 bits per heavy atom. The lowest BCUT2D eigenvalue weighted by Crippen LogP contribution is -2.26. The van der Waals surface area contributed by atoms with Crippen LogP contribution in [-0.2, 0) is 21.7 Å². The molecule has 0 unspecified atom stereocenters. The molecule has 1 aromatic carbocycles. The Labute approximate surface area is 188 Å². The minimum Gasteiger partial charge on any atom is -0.465 e. The molecule has 0 saturated carbocycles. The summed E-state index contributed by atoms with van der Waals surface area (Å²) in [4.78, 5) is 32.5. The molecule has 0 N–H and O–H groups in total. The van der Waals surface area contributed by atoms with Crippen LogP contribution in [0.2, 0.25) is 0 Å². The maximum atomic E-state index is 13.7. The Morgan fingerprint density at radius 3 is 2.73 bits per heavy atom. The number of thioether (sulfide) groups is 2. The van der Waals surface area contributed by atoms with E-state index in [2.05, 4.69) is 13.8 Å². The molecular weight excluding hydrogens is 436 g/mol. The zero-order chi connectivity index (χ0) is 21.5. The van der Waals surface area contributed by atoms with Gasteiger partial charge in [-0.05, 0) is 38.0 Å². The van der Waals surface area contributed by atoms with Crippen LogP contribution in [0.15, 0.2) is 34.2 Å². The van der Waals surface area contributed by atoms with Crippen LogP contribution < -0.4 is 5.56 Å². The number of hydrogen-bond donors (Lipinski definition) is 0. The summed E-state index contributed by atoms with van der Waals surface area (Å²) in [6.07, 6.45) is 0.854. The van der Waals surface area contributed by atoms with Gasteiger partial charge < -0.3 is 4.74 Å². The maximum absolute atomic E-state index is 13.7. The van der Waals surface area contributed by atoms with Crippen molar-refractivity contribution in [3.8, 4) is 5.69 Å². The summed E-state index contributed by atoms with van der Waals surface area (Å²) in [7, 11) is 0. The first-order valence-corrected chi connectivity index (χ1v) is 12.6. The van der Waals surface area contributed by atoms with Gasteiger partial charge in [-0.15, -0.1) is 23.1 Å². The lowest BCUT2D eigenvalue weighted by molar-refractivity contribution is -0.139. The van der Waals surface area contributed by atoms with Crippen molar-refractivity contribution in [3.63, 3.8) is 0 Å². The number of nitrogens with zero attached hydrogens (tertiary/aromatic N) is 2. The van der Waals surface area contributed by atoms with E-state index in [1.807, 2.05) is 43.0 Å². The van der Waals surface area contributed by atoms with E-state index >= 15 is 0 Å². The van der Waals surface area contributed by atoms with Gasteiger partial charge in [0.2, 0.25) is 0 Å². The summed E-state index contributed by atoms with van der Waals surface area (Å²) in [6.45, 7) is 8.57. The lowest BCUT2D eigenvalue weighted by atomic mass is 10.00. The molecule has 158 valence electrons. The number of rotatable bonds is 5. The van der Waals surface area contributed by atoms with Crippen molar-refractivity contribution in [3.05, 3.63) is 50.6 Å². The Balaban J connectivity index is 1.89. The highest BCUT2D eigenvalue weighted by Crippen LogP contribution is 2.44. The molecule has 0 saturated heterocycles. The molecule has 0 amide bonds. The summed E-state index contributed by atoms with van der Waals surface area (Å²) in [5, 5.41) is 1.25. The van der Waals surface area contributed by atoms with Gasteiger partial charge in [-0.3, -0.25) is 14.2 Å². The van der Waals surface area contributed by atoms with Crippen LogP contribution in [0.4, 0.5) is 0 Å². The van der Waals surface area contributed by atoms with E-state index in [1.54, 1.807) is 22.8 Å². The van der Waals surface area contributed by atoms with Gasteiger partial charge in [0.25, 0.3) is 5.56 Å². The summed E-state index contributed by atoms with van der Waals surface area (Å²) in [6, 6.07) is 7.82. The molecule has 5 nitrogen and oxygen atoms in total. The van der Waals surface area contributed by atoms with Crippen LogP contribution in [0, 0.1) is 6.92 Å². The first-order chi connectivity index (χ1) is 14.3. The number of esters is 1. The third kappa shape index (κ3) is 4.18. The summed E-state index contributed by atoms with van der Waals surface area (Å²) < 4.78 is 6.80. The fourth-order valence-corrected chi connectivity index (χ4v) is 6.71.